The number of fused-ring (bicyclic) bond motifs is 2. The smallest absolute Gasteiger partial charge is 0.223 e. The van der Waals surface area contributed by atoms with Crippen molar-refractivity contribution in [1.82, 2.24) is 25.1 Å². The molecule has 0 saturated carbocycles. The van der Waals surface area contributed by atoms with Crippen LogP contribution in [0.15, 0.2) is 30.6 Å². The van der Waals surface area contributed by atoms with Gasteiger partial charge in [0.15, 0.2) is 0 Å². The fourth-order valence-corrected chi connectivity index (χ4v) is 2.62. The summed E-state index contributed by atoms with van der Waals surface area (Å²) in [5, 5.41) is 24.2. The van der Waals surface area contributed by atoms with E-state index < -0.39 is 0 Å². The van der Waals surface area contributed by atoms with Gasteiger partial charge < -0.3 is 26.5 Å². The number of nitrogens with zero attached hydrogens (tertiary/aromatic N) is 3. The fourth-order valence-electron chi connectivity index (χ4n) is 2.62. The first-order valence-corrected chi connectivity index (χ1v) is 7.44. The molecule has 9 nitrogen and oxygen atoms in total. The van der Waals surface area contributed by atoms with E-state index in [1.807, 2.05) is 18.2 Å². The van der Waals surface area contributed by atoms with Gasteiger partial charge in [-0.15, -0.1) is 0 Å². The third-order valence-corrected chi connectivity index (χ3v) is 3.67. The first-order valence-electron chi connectivity index (χ1n) is 7.44. The summed E-state index contributed by atoms with van der Waals surface area (Å²) in [4.78, 5) is 11.5. The van der Waals surface area contributed by atoms with E-state index in [1.165, 1.54) is 0 Å². The van der Waals surface area contributed by atoms with Crippen molar-refractivity contribution in [2.75, 3.05) is 29.5 Å². The van der Waals surface area contributed by atoms with Gasteiger partial charge in [0.05, 0.1) is 29.4 Å². The van der Waals surface area contributed by atoms with E-state index in [9.17, 15) is 0 Å². The molecule has 24 heavy (non-hydrogen) atoms. The normalized spacial score (nSPS) is 11.2. The number of aromatic nitrogens is 5. The zero-order valence-corrected chi connectivity index (χ0v) is 12.7. The molecule has 0 aliphatic rings. The van der Waals surface area contributed by atoms with Crippen LogP contribution in [0.3, 0.4) is 0 Å². The molecule has 0 aliphatic carbocycles. The highest BCUT2D eigenvalue weighted by atomic mass is 16.3. The molecule has 3 heterocycles. The van der Waals surface area contributed by atoms with Gasteiger partial charge in [0, 0.05) is 23.8 Å². The molecule has 9 heteroatoms. The summed E-state index contributed by atoms with van der Waals surface area (Å²) < 4.78 is 0. The highest BCUT2D eigenvalue weighted by molar-refractivity contribution is 6.00. The van der Waals surface area contributed by atoms with Crippen LogP contribution in [-0.2, 0) is 0 Å². The molecule has 0 bridgehead atoms. The summed E-state index contributed by atoms with van der Waals surface area (Å²) in [7, 11) is 0. The number of hydrogen-bond donors (Lipinski definition) is 6. The second-order valence-electron chi connectivity index (χ2n) is 5.30. The monoisotopic (exact) mass is 324 g/mol. The number of nitrogens with two attached hydrogens (primary N) is 1. The molecule has 0 saturated heterocycles. The molecule has 3 aromatic heterocycles. The second kappa shape index (κ2) is 5.70. The van der Waals surface area contributed by atoms with Crippen molar-refractivity contribution >= 4 is 45.1 Å². The van der Waals surface area contributed by atoms with Crippen molar-refractivity contribution in [3.05, 3.63) is 30.6 Å². The predicted molar refractivity (Wildman–Crippen MR) is 93.3 cm³/mol. The Hall–Kier alpha value is -3.33. The van der Waals surface area contributed by atoms with Crippen LogP contribution in [0.4, 0.5) is 23.1 Å². The number of aromatic amines is 2. The number of nitrogen functional groups attached to an aromatic ring is 1. The zero-order chi connectivity index (χ0) is 16.5. The molecular weight excluding hydrogens is 308 g/mol. The van der Waals surface area contributed by atoms with Gasteiger partial charge in [-0.2, -0.15) is 15.1 Å². The number of nitrogens with one attached hydrogen (secondary N) is 4. The van der Waals surface area contributed by atoms with E-state index in [0.717, 1.165) is 27.7 Å². The molecule has 4 rings (SSSR count). The Labute approximate surface area is 136 Å². The molecule has 1 aromatic carbocycles. The van der Waals surface area contributed by atoms with Gasteiger partial charge in [-0.3, -0.25) is 5.10 Å². The molecule has 7 N–H and O–H groups in total. The molecule has 4 aromatic rings. The number of hydrogen-bond acceptors (Lipinski definition) is 7. The zero-order valence-electron chi connectivity index (χ0n) is 12.7. The van der Waals surface area contributed by atoms with Crippen molar-refractivity contribution < 1.29 is 5.11 Å². The molecule has 0 aliphatic heterocycles. The molecule has 0 fully saturated rings. The summed E-state index contributed by atoms with van der Waals surface area (Å²) in [5.41, 5.74) is 9.00. The highest BCUT2D eigenvalue weighted by Gasteiger charge is 2.13. The largest absolute Gasteiger partial charge is 0.395 e. The van der Waals surface area contributed by atoms with E-state index in [2.05, 4.69) is 35.8 Å². The van der Waals surface area contributed by atoms with Gasteiger partial charge in [0.1, 0.15) is 11.5 Å². The van der Waals surface area contributed by atoms with Crippen LogP contribution in [0.25, 0.3) is 21.9 Å². The number of aliphatic hydroxyl groups is 1. The molecule has 0 amide bonds. The van der Waals surface area contributed by atoms with Crippen molar-refractivity contribution in [3.8, 4) is 0 Å². The average molecular weight is 324 g/mol. The van der Waals surface area contributed by atoms with E-state index in [4.69, 9.17) is 10.8 Å². The average Bonchev–Trinajstić information content (AvgIpc) is 3.19. The van der Waals surface area contributed by atoms with Crippen LogP contribution in [0, 0.1) is 0 Å². The predicted octanol–water partition coefficient (Wildman–Crippen LogP) is 1.56. The lowest BCUT2D eigenvalue weighted by atomic mass is 10.2. The van der Waals surface area contributed by atoms with Gasteiger partial charge >= 0.3 is 0 Å². The quantitative estimate of drug-likeness (QED) is 0.327. The van der Waals surface area contributed by atoms with Crippen molar-refractivity contribution in [2.24, 2.45) is 0 Å². The Morgan fingerprint density at radius 3 is 3.04 bits per heavy atom. The third-order valence-electron chi connectivity index (χ3n) is 3.67. The van der Waals surface area contributed by atoms with E-state index >= 15 is 0 Å². The lowest BCUT2D eigenvalue weighted by Gasteiger charge is -2.09. The molecule has 0 radical (unpaired) electrons. The summed E-state index contributed by atoms with van der Waals surface area (Å²) >= 11 is 0. The topological polar surface area (TPSA) is 141 Å². The summed E-state index contributed by atoms with van der Waals surface area (Å²) in [6.45, 7) is 0.366. The lowest BCUT2D eigenvalue weighted by Crippen LogP contribution is -2.09. The van der Waals surface area contributed by atoms with Crippen LogP contribution in [-0.4, -0.2) is 43.4 Å². The van der Waals surface area contributed by atoms with Crippen LogP contribution in [0.1, 0.15) is 0 Å². The Kier molecular flexibility index (Phi) is 3.39. The van der Waals surface area contributed by atoms with E-state index in [-0.39, 0.29) is 12.6 Å². The van der Waals surface area contributed by atoms with Crippen molar-refractivity contribution in [3.63, 3.8) is 0 Å². The van der Waals surface area contributed by atoms with Crippen LogP contribution in [0.5, 0.6) is 0 Å². The minimum atomic E-state index is -0.00488. The summed E-state index contributed by atoms with van der Waals surface area (Å²) in [6, 6.07) is 5.92. The van der Waals surface area contributed by atoms with Crippen LogP contribution < -0.4 is 16.4 Å². The van der Waals surface area contributed by atoms with E-state index in [1.54, 1.807) is 12.4 Å². The Bertz CT molecular complexity index is 1010. The molecular formula is C15H16N8O. The first kappa shape index (κ1) is 14.3. The summed E-state index contributed by atoms with van der Waals surface area (Å²) in [5.74, 6) is 0.730. The molecule has 0 unspecified atom stereocenters. The lowest BCUT2D eigenvalue weighted by molar-refractivity contribution is 0.311. The van der Waals surface area contributed by atoms with Crippen molar-refractivity contribution in [2.45, 2.75) is 0 Å². The highest BCUT2D eigenvalue weighted by Crippen LogP contribution is 2.31. The molecule has 122 valence electrons. The molecule has 0 atom stereocenters. The number of aliphatic hydroxyl groups excluding tert-OH is 1. The van der Waals surface area contributed by atoms with E-state index in [0.29, 0.717) is 18.0 Å². The van der Waals surface area contributed by atoms with Crippen LogP contribution in [0.2, 0.25) is 0 Å². The fraction of sp³-hybridized carbons (Fsp3) is 0.133. The second-order valence-corrected chi connectivity index (χ2v) is 5.30. The number of anilines is 4. The Balaban J connectivity index is 1.75. The number of H-pyrrole nitrogens is 2. The maximum Gasteiger partial charge on any atom is 0.223 e. The maximum atomic E-state index is 9.03. The SMILES string of the molecule is Nc1nc(NCCO)c2c(Nc3ccc4cn[nH]c4c3)c[nH]c2n1. The maximum absolute atomic E-state index is 9.03. The number of benzene rings is 1. The van der Waals surface area contributed by atoms with Crippen LogP contribution >= 0.6 is 0 Å². The number of rotatable bonds is 5. The van der Waals surface area contributed by atoms with Gasteiger partial charge in [0.25, 0.3) is 0 Å². The Morgan fingerprint density at radius 2 is 2.17 bits per heavy atom. The van der Waals surface area contributed by atoms with Gasteiger partial charge in [-0.05, 0) is 18.2 Å². The Morgan fingerprint density at radius 1 is 1.25 bits per heavy atom. The van der Waals surface area contributed by atoms with Gasteiger partial charge in [-0.1, -0.05) is 0 Å². The van der Waals surface area contributed by atoms with Crippen molar-refractivity contribution in [1.29, 1.82) is 0 Å². The third kappa shape index (κ3) is 2.46. The first-order chi connectivity index (χ1) is 11.7. The molecule has 0 spiro atoms. The van der Waals surface area contributed by atoms with Gasteiger partial charge in [-0.25, -0.2) is 0 Å². The minimum Gasteiger partial charge on any atom is -0.395 e. The van der Waals surface area contributed by atoms with Gasteiger partial charge in [0.2, 0.25) is 5.95 Å². The summed E-state index contributed by atoms with van der Waals surface area (Å²) in [6.07, 6.45) is 3.58. The standard InChI is InChI=1S/C15H16N8O/c16-15-21-13(17-3-4-24)12-11(7-18-14(12)22-15)20-9-2-1-8-6-19-23-10(8)5-9/h1-2,5-7,20,24H,3-4H2,(H,19,23)(H4,16,17,18,21,22). The minimum absolute atomic E-state index is 0.00488.